The predicted molar refractivity (Wildman–Crippen MR) is 156 cm³/mol. The van der Waals surface area contributed by atoms with Gasteiger partial charge in [-0.2, -0.15) is 0 Å². The Labute approximate surface area is 218 Å². The first-order valence-electron chi connectivity index (χ1n) is 12.8. The van der Waals surface area contributed by atoms with E-state index < -0.39 is 13.4 Å². The number of allylic oxidation sites excluding steroid dienone is 2. The second-order valence-electron chi connectivity index (χ2n) is 10.7. The second-order valence-corrected chi connectivity index (χ2v) is 14.2. The predicted octanol–water partition coefficient (Wildman–Crippen LogP) is 10.0. The standard InChI is InChI=1S/C29H41N2.CH3.Al.ClH/c1-18(2)24-13-11-14-25(19(3)4)28(24)30-22(9)17-23(10)31-29-26(20(5)6)15-12-16-27(29)21(7)8;;;/h11-21H,1-10H3;1H3;;1H/q-1;;+2;/p-1/b22-17-,31-23?;;;. The Bertz CT molecular complexity index is 980. The van der Waals surface area contributed by atoms with Gasteiger partial charge in [0.15, 0.2) is 0 Å². The summed E-state index contributed by atoms with van der Waals surface area (Å²) in [5.74, 6) is 3.89. The van der Waals surface area contributed by atoms with Gasteiger partial charge in [-0.05, 0) is 71.5 Å². The van der Waals surface area contributed by atoms with E-state index in [1.807, 2.05) is 0 Å². The van der Waals surface area contributed by atoms with Crippen molar-refractivity contribution in [3.63, 3.8) is 0 Å². The molecule has 0 heterocycles. The van der Waals surface area contributed by atoms with Crippen LogP contribution in [0.25, 0.3) is 0 Å². The Morgan fingerprint density at radius 2 is 1.15 bits per heavy atom. The van der Waals surface area contributed by atoms with Crippen LogP contribution in [0, 0.1) is 0 Å². The fourth-order valence-electron chi connectivity index (χ4n) is 4.65. The highest BCUT2D eigenvalue weighted by Crippen LogP contribution is 2.39. The van der Waals surface area contributed by atoms with Gasteiger partial charge < -0.3 is 3.88 Å². The molecule has 2 rings (SSSR count). The molecule has 0 unspecified atom stereocenters. The highest BCUT2D eigenvalue weighted by molar-refractivity contribution is 7.08. The second kappa shape index (κ2) is 12.4. The van der Waals surface area contributed by atoms with Crippen molar-refractivity contribution in [3.8, 4) is 0 Å². The quantitative estimate of drug-likeness (QED) is 0.250. The van der Waals surface area contributed by atoms with Gasteiger partial charge in [-0.25, -0.2) is 10.0 Å². The van der Waals surface area contributed by atoms with Crippen LogP contribution >= 0.6 is 10.0 Å². The van der Waals surface area contributed by atoms with Crippen LogP contribution in [0.15, 0.2) is 53.2 Å². The lowest BCUT2D eigenvalue weighted by Gasteiger charge is -2.34. The topological polar surface area (TPSA) is 15.6 Å². The molecule has 34 heavy (non-hydrogen) atoms. The molecule has 0 atom stereocenters. The van der Waals surface area contributed by atoms with Crippen LogP contribution in [0.4, 0.5) is 11.4 Å². The number of benzene rings is 2. The maximum atomic E-state index is 6.99. The lowest BCUT2D eigenvalue weighted by Crippen LogP contribution is -2.33. The van der Waals surface area contributed by atoms with Gasteiger partial charge in [-0.1, -0.05) is 97.6 Å². The fraction of sp³-hybridized carbons (Fsp3) is 0.500. The van der Waals surface area contributed by atoms with Crippen molar-refractivity contribution in [1.82, 2.24) is 0 Å². The molecule has 2 aromatic carbocycles. The summed E-state index contributed by atoms with van der Waals surface area (Å²) in [5.41, 5.74) is 9.94. The molecule has 4 heteroatoms. The Morgan fingerprint density at radius 3 is 1.50 bits per heavy atom. The molecule has 0 bridgehead atoms. The Hall–Kier alpha value is -1.53. The minimum atomic E-state index is -1.72. The van der Waals surface area contributed by atoms with E-state index in [0.717, 1.165) is 11.4 Å². The molecule has 184 valence electrons. The smallest absolute Gasteiger partial charge is 0.424 e. The van der Waals surface area contributed by atoms with Crippen molar-refractivity contribution < 1.29 is 0 Å². The monoisotopic (exact) mass is 494 g/mol. The summed E-state index contributed by atoms with van der Waals surface area (Å²) in [6, 6.07) is 13.3. The summed E-state index contributed by atoms with van der Waals surface area (Å²) >= 11 is -1.72. The summed E-state index contributed by atoms with van der Waals surface area (Å²) in [6.07, 6.45) is 2.22. The Morgan fingerprint density at radius 1 is 0.765 bits per heavy atom. The molecule has 0 saturated carbocycles. The normalized spacial score (nSPS) is 12.9. The number of halogens is 1. The molecule has 0 saturated heterocycles. The van der Waals surface area contributed by atoms with Crippen LogP contribution in [0.5, 0.6) is 0 Å². The van der Waals surface area contributed by atoms with E-state index in [-0.39, 0.29) is 0 Å². The molecular weight excluding hydrogens is 451 g/mol. The van der Waals surface area contributed by atoms with Crippen molar-refractivity contribution in [2.45, 2.75) is 98.7 Å². The maximum Gasteiger partial charge on any atom is 0.544 e. The summed E-state index contributed by atoms with van der Waals surface area (Å²) in [6.45, 7) is 22.3. The van der Waals surface area contributed by atoms with Crippen molar-refractivity contribution in [1.29, 1.82) is 0 Å². The first kappa shape index (κ1) is 28.7. The van der Waals surface area contributed by atoms with Crippen LogP contribution in [-0.4, -0.2) is 19.2 Å². The third-order valence-electron chi connectivity index (χ3n) is 6.37. The zero-order valence-electron chi connectivity index (χ0n) is 23.2. The van der Waals surface area contributed by atoms with E-state index in [1.165, 1.54) is 33.6 Å². The Kier molecular flexibility index (Phi) is 10.5. The molecular formula is C30H44AlClN2. The van der Waals surface area contributed by atoms with Gasteiger partial charge in [0.05, 0.1) is 5.69 Å². The molecule has 2 nitrogen and oxygen atoms in total. The zero-order chi connectivity index (χ0) is 25.7. The van der Waals surface area contributed by atoms with Gasteiger partial charge in [-0.3, -0.25) is 4.99 Å². The van der Waals surface area contributed by atoms with Gasteiger partial charge in [0, 0.05) is 11.4 Å². The van der Waals surface area contributed by atoms with Gasteiger partial charge in [0.25, 0.3) is 0 Å². The van der Waals surface area contributed by atoms with E-state index in [0.29, 0.717) is 23.7 Å². The van der Waals surface area contributed by atoms with Crippen LogP contribution < -0.4 is 3.88 Å². The number of anilines is 1. The van der Waals surface area contributed by atoms with E-state index >= 15 is 0 Å². The third-order valence-corrected chi connectivity index (χ3v) is 8.33. The summed E-state index contributed by atoms with van der Waals surface area (Å²) in [4.78, 5) is 5.18. The SMILES string of the molecule is CC(/C=C(/C)[N](c1c(C(C)C)cccc1C(C)C)[Al]([CH3])[Cl])=Nc1c(C(C)C)cccc1C(C)C. The summed E-state index contributed by atoms with van der Waals surface area (Å²) in [5, 5.41) is 0. The zero-order valence-corrected chi connectivity index (χ0v) is 25.1. The van der Waals surface area contributed by atoms with Gasteiger partial charge in [-0.15, -0.1) is 0 Å². The third kappa shape index (κ3) is 6.78. The van der Waals surface area contributed by atoms with Crippen molar-refractivity contribution in [2.24, 2.45) is 4.99 Å². The molecule has 0 aliphatic rings. The average Bonchev–Trinajstić information content (AvgIpc) is 2.72. The number of aliphatic imine (C=N–C) groups is 1. The highest BCUT2D eigenvalue weighted by Gasteiger charge is 2.27. The maximum absolute atomic E-state index is 6.99. The molecule has 0 aliphatic heterocycles. The Balaban J connectivity index is 2.67. The summed E-state index contributed by atoms with van der Waals surface area (Å²) in [7, 11) is 6.99. The van der Waals surface area contributed by atoms with E-state index in [4.69, 9.17) is 15.0 Å². The lowest BCUT2D eigenvalue weighted by atomic mass is 9.92. The molecule has 0 N–H and O–H groups in total. The molecule has 0 aliphatic carbocycles. The van der Waals surface area contributed by atoms with E-state index in [2.05, 4.69) is 121 Å². The largest absolute Gasteiger partial charge is 0.544 e. The van der Waals surface area contributed by atoms with Crippen molar-refractivity contribution in [2.75, 3.05) is 3.88 Å². The average molecular weight is 495 g/mol. The van der Waals surface area contributed by atoms with Crippen LogP contribution in [-0.2, 0) is 0 Å². The van der Waals surface area contributed by atoms with E-state index in [9.17, 15) is 0 Å². The molecule has 0 aromatic heterocycles. The first-order valence-corrected chi connectivity index (χ1v) is 16.2. The molecule has 0 amide bonds. The fourth-order valence-corrected chi connectivity index (χ4v) is 6.69. The van der Waals surface area contributed by atoms with E-state index in [1.54, 1.807) is 0 Å². The highest BCUT2D eigenvalue weighted by atomic mass is 35.6. The molecule has 0 radical (unpaired) electrons. The van der Waals surface area contributed by atoms with Crippen LogP contribution in [0.1, 0.15) is 115 Å². The minimum absolute atomic E-state index is 0.425. The first-order chi connectivity index (χ1) is 15.9. The number of hydrogen-bond acceptors (Lipinski definition) is 2. The minimum Gasteiger partial charge on any atom is -0.424 e. The molecule has 0 fully saturated rings. The molecule has 0 spiro atoms. The number of para-hydroxylation sites is 2. The van der Waals surface area contributed by atoms with Gasteiger partial charge in [0.2, 0.25) is 0 Å². The van der Waals surface area contributed by atoms with Crippen LogP contribution in [0.2, 0.25) is 5.79 Å². The number of nitrogens with zero attached hydrogens (tertiary/aromatic N) is 2. The molecule has 2 aromatic rings. The van der Waals surface area contributed by atoms with Gasteiger partial charge >= 0.3 is 13.4 Å². The number of hydrogen-bond donors (Lipinski definition) is 0. The number of rotatable bonds is 9. The van der Waals surface area contributed by atoms with Crippen LogP contribution in [0.3, 0.4) is 0 Å². The van der Waals surface area contributed by atoms with Gasteiger partial charge in [0.1, 0.15) is 0 Å². The van der Waals surface area contributed by atoms with Crippen molar-refractivity contribution in [3.05, 3.63) is 70.4 Å². The summed E-state index contributed by atoms with van der Waals surface area (Å²) < 4.78 is 2.42. The lowest BCUT2D eigenvalue weighted by molar-refractivity contribution is 0.831. The van der Waals surface area contributed by atoms with Crippen molar-refractivity contribution >= 4 is 40.6 Å².